The lowest BCUT2D eigenvalue weighted by Crippen LogP contribution is -2.29. The molecule has 2 heterocycles. The van der Waals surface area contributed by atoms with E-state index in [0.29, 0.717) is 27.6 Å². The second-order valence-electron chi connectivity index (χ2n) is 10.5. The van der Waals surface area contributed by atoms with Gasteiger partial charge in [0.2, 0.25) is 5.95 Å². The molecule has 0 spiro atoms. The Morgan fingerprint density at radius 1 is 0.826 bits per heavy atom. The largest absolute Gasteiger partial charge is 0.394 e. The van der Waals surface area contributed by atoms with Gasteiger partial charge in [-0.05, 0) is 60.3 Å². The molecule has 0 saturated carbocycles. The van der Waals surface area contributed by atoms with Crippen LogP contribution in [0.5, 0.6) is 0 Å². The standard InChI is InChI=1S/C34H26F3N5O4/c1-18-9-10-19(38-33(46)23-11-13-26(35)22-6-3-2-5-21(22)23)15-25(18)30-24-12-14-29(45)42(31-27(36)7-4-8-28(31)37)32(24)41-34(40-30)39-20(16-43)17-44/h2-15,20,43-44H,16-17H2,1H3,(H,38,46)(H,39,40,41). The highest BCUT2D eigenvalue weighted by Gasteiger charge is 2.22. The van der Waals surface area contributed by atoms with Gasteiger partial charge in [0.05, 0.1) is 24.9 Å². The van der Waals surface area contributed by atoms with E-state index < -0.39 is 53.9 Å². The molecule has 4 aromatic carbocycles. The summed E-state index contributed by atoms with van der Waals surface area (Å²) in [5.41, 5.74) is 0.452. The second kappa shape index (κ2) is 12.4. The third kappa shape index (κ3) is 5.55. The highest BCUT2D eigenvalue weighted by Crippen LogP contribution is 2.33. The number of halogens is 3. The van der Waals surface area contributed by atoms with Crippen molar-refractivity contribution in [1.82, 2.24) is 14.5 Å². The summed E-state index contributed by atoms with van der Waals surface area (Å²) in [5, 5.41) is 26.0. The number of nitrogens with one attached hydrogen (secondary N) is 2. The van der Waals surface area contributed by atoms with Gasteiger partial charge in [0.25, 0.3) is 11.5 Å². The molecule has 12 heteroatoms. The van der Waals surface area contributed by atoms with E-state index in [9.17, 15) is 33.0 Å². The number of aryl methyl sites for hydroxylation is 1. The molecule has 0 radical (unpaired) electrons. The van der Waals surface area contributed by atoms with E-state index in [2.05, 4.69) is 20.6 Å². The lowest BCUT2D eigenvalue weighted by molar-refractivity contribution is 0.102. The Kier molecular flexibility index (Phi) is 8.22. The Balaban J connectivity index is 1.53. The number of carbonyl (C=O) groups excluding carboxylic acids is 1. The number of benzene rings is 4. The quantitative estimate of drug-likeness (QED) is 0.180. The van der Waals surface area contributed by atoms with Gasteiger partial charge in [0.1, 0.15) is 23.1 Å². The molecule has 232 valence electrons. The number of carbonyl (C=O) groups is 1. The number of para-hydroxylation sites is 1. The van der Waals surface area contributed by atoms with Crippen LogP contribution in [0, 0.1) is 24.4 Å². The third-order valence-corrected chi connectivity index (χ3v) is 7.55. The number of aliphatic hydroxyl groups is 2. The summed E-state index contributed by atoms with van der Waals surface area (Å²) >= 11 is 0. The van der Waals surface area contributed by atoms with Crippen LogP contribution < -0.4 is 16.2 Å². The van der Waals surface area contributed by atoms with Crippen molar-refractivity contribution in [3.8, 4) is 16.9 Å². The number of aromatic nitrogens is 3. The zero-order valence-electron chi connectivity index (χ0n) is 24.3. The van der Waals surface area contributed by atoms with Crippen LogP contribution in [0.3, 0.4) is 0 Å². The molecular formula is C34H26F3N5O4. The topological polar surface area (TPSA) is 129 Å². The van der Waals surface area contributed by atoms with Gasteiger partial charge in [-0.1, -0.05) is 36.4 Å². The van der Waals surface area contributed by atoms with Crippen molar-refractivity contribution in [3.05, 3.63) is 124 Å². The van der Waals surface area contributed by atoms with Crippen LogP contribution in [0.25, 0.3) is 38.8 Å². The van der Waals surface area contributed by atoms with Crippen molar-refractivity contribution in [2.24, 2.45) is 0 Å². The van der Waals surface area contributed by atoms with Crippen molar-refractivity contribution in [1.29, 1.82) is 0 Å². The average molecular weight is 626 g/mol. The first-order valence-corrected chi connectivity index (χ1v) is 14.2. The minimum Gasteiger partial charge on any atom is -0.394 e. The van der Waals surface area contributed by atoms with Crippen LogP contribution in [0.15, 0.2) is 89.7 Å². The predicted molar refractivity (Wildman–Crippen MR) is 169 cm³/mol. The summed E-state index contributed by atoms with van der Waals surface area (Å²) < 4.78 is 45.2. The number of hydrogen-bond acceptors (Lipinski definition) is 7. The number of aliphatic hydroxyl groups excluding tert-OH is 2. The summed E-state index contributed by atoms with van der Waals surface area (Å²) in [4.78, 5) is 35.5. The van der Waals surface area contributed by atoms with E-state index in [1.165, 1.54) is 24.3 Å². The number of hydrogen-bond donors (Lipinski definition) is 4. The number of rotatable bonds is 8. The van der Waals surface area contributed by atoms with E-state index in [1.807, 2.05) is 0 Å². The van der Waals surface area contributed by atoms with Crippen molar-refractivity contribution >= 4 is 39.3 Å². The lowest BCUT2D eigenvalue weighted by atomic mass is 10.0. The Morgan fingerprint density at radius 3 is 2.26 bits per heavy atom. The van der Waals surface area contributed by atoms with Gasteiger partial charge in [-0.3, -0.25) is 14.2 Å². The number of fused-ring (bicyclic) bond motifs is 2. The highest BCUT2D eigenvalue weighted by atomic mass is 19.1. The van der Waals surface area contributed by atoms with Gasteiger partial charge in [0, 0.05) is 33.7 Å². The van der Waals surface area contributed by atoms with E-state index in [1.54, 1.807) is 49.4 Å². The molecular weight excluding hydrogens is 599 g/mol. The minimum atomic E-state index is -0.998. The zero-order chi connectivity index (χ0) is 32.5. The normalized spacial score (nSPS) is 11.4. The van der Waals surface area contributed by atoms with Gasteiger partial charge in [-0.2, -0.15) is 4.98 Å². The maximum absolute atomic E-state index is 15.0. The molecule has 4 N–H and O–H groups in total. The Morgan fingerprint density at radius 2 is 1.54 bits per heavy atom. The maximum atomic E-state index is 15.0. The molecule has 0 atom stereocenters. The summed E-state index contributed by atoms with van der Waals surface area (Å²) in [7, 11) is 0. The van der Waals surface area contributed by atoms with Crippen molar-refractivity contribution < 1.29 is 28.2 Å². The van der Waals surface area contributed by atoms with Crippen molar-refractivity contribution in [3.63, 3.8) is 0 Å². The van der Waals surface area contributed by atoms with Crippen LogP contribution in [-0.2, 0) is 0 Å². The molecule has 2 aromatic heterocycles. The summed E-state index contributed by atoms with van der Waals surface area (Å²) in [6.07, 6.45) is 0. The molecule has 0 fully saturated rings. The number of anilines is 2. The van der Waals surface area contributed by atoms with Gasteiger partial charge in [0.15, 0.2) is 5.65 Å². The number of nitrogens with zero attached hydrogens (tertiary/aromatic N) is 3. The fourth-order valence-electron chi connectivity index (χ4n) is 5.25. The minimum absolute atomic E-state index is 0.140. The van der Waals surface area contributed by atoms with E-state index in [0.717, 1.165) is 22.8 Å². The molecule has 0 unspecified atom stereocenters. The molecule has 0 saturated heterocycles. The van der Waals surface area contributed by atoms with Gasteiger partial charge in [-0.25, -0.2) is 18.2 Å². The Labute approximate surface area is 259 Å². The van der Waals surface area contributed by atoms with Crippen molar-refractivity contribution in [2.45, 2.75) is 13.0 Å². The first kappa shape index (κ1) is 30.4. The van der Waals surface area contributed by atoms with Crippen LogP contribution >= 0.6 is 0 Å². The molecule has 46 heavy (non-hydrogen) atoms. The third-order valence-electron chi connectivity index (χ3n) is 7.55. The second-order valence-corrected chi connectivity index (χ2v) is 10.5. The Bertz CT molecular complexity index is 2180. The Hall–Kier alpha value is -5.59. The maximum Gasteiger partial charge on any atom is 0.256 e. The molecule has 0 aliphatic carbocycles. The van der Waals surface area contributed by atoms with Gasteiger partial charge in [-0.15, -0.1) is 0 Å². The smallest absolute Gasteiger partial charge is 0.256 e. The van der Waals surface area contributed by atoms with E-state index >= 15 is 0 Å². The monoisotopic (exact) mass is 625 g/mol. The van der Waals surface area contributed by atoms with E-state index in [4.69, 9.17) is 0 Å². The molecule has 6 rings (SSSR count). The molecule has 6 aromatic rings. The van der Waals surface area contributed by atoms with Crippen LogP contribution in [0.2, 0.25) is 0 Å². The number of amides is 1. The highest BCUT2D eigenvalue weighted by molar-refractivity contribution is 6.13. The van der Waals surface area contributed by atoms with Gasteiger partial charge < -0.3 is 20.8 Å². The summed E-state index contributed by atoms with van der Waals surface area (Å²) in [6.45, 7) is 0.803. The predicted octanol–water partition coefficient (Wildman–Crippen LogP) is 5.34. The molecule has 0 aliphatic rings. The van der Waals surface area contributed by atoms with Crippen LogP contribution in [0.1, 0.15) is 15.9 Å². The van der Waals surface area contributed by atoms with E-state index in [-0.39, 0.29) is 28.2 Å². The van der Waals surface area contributed by atoms with Crippen LogP contribution in [0.4, 0.5) is 24.8 Å². The fraction of sp³-hybridized carbons (Fsp3) is 0.118. The van der Waals surface area contributed by atoms with Crippen molar-refractivity contribution in [2.75, 3.05) is 23.8 Å². The average Bonchev–Trinajstić information content (AvgIpc) is 3.05. The summed E-state index contributed by atoms with van der Waals surface area (Å²) in [5.74, 6) is -3.08. The first-order valence-electron chi connectivity index (χ1n) is 14.2. The molecule has 0 aliphatic heterocycles. The molecule has 0 bridgehead atoms. The first-order chi connectivity index (χ1) is 22.2. The zero-order valence-corrected chi connectivity index (χ0v) is 24.3. The molecule has 9 nitrogen and oxygen atoms in total. The fourth-order valence-corrected chi connectivity index (χ4v) is 5.25. The summed E-state index contributed by atoms with van der Waals surface area (Å²) in [6, 6.07) is 19.2. The molecule has 1 amide bonds. The lowest BCUT2D eigenvalue weighted by Gasteiger charge is -2.18. The number of pyridine rings is 1. The SMILES string of the molecule is Cc1ccc(NC(=O)c2ccc(F)c3ccccc23)cc1-c1nc(NC(CO)CO)nc2c1ccc(=O)n2-c1c(F)cccc1F. The van der Waals surface area contributed by atoms with Crippen LogP contribution in [-0.4, -0.2) is 49.9 Å². The van der Waals surface area contributed by atoms with Gasteiger partial charge >= 0.3 is 0 Å².